The standard InChI is InChI=1S/C13H20FN3/c1-16-4-6-17(7-5-16)10-12-3-2-11(9-15)8-13(12)14/h2-3,8H,4-7,9-10,15H2,1H3. The summed E-state index contributed by atoms with van der Waals surface area (Å²) in [7, 11) is 2.12. The maximum absolute atomic E-state index is 13.8. The van der Waals surface area contributed by atoms with Gasteiger partial charge in [-0.3, -0.25) is 4.90 Å². The van der Waals surface area contributed by atoms with Gasteiger partial charge in [-0.05, 0) is 18.7 Å². The summed E-state index contributed by atoms with van der Waals surface area (Å²) in [6, 6.07) is 5.32. The van der Waals surface area contributed by atoms with E-state index in [0.29, 0.717) is 13.1 Å². The predicted octanol–water partition coefficient (Wildman–Crippen LogP) is 1.03. The van der Waals surface area contributed by atoms with Gasteiger partial charge in [-0.1, -0.05) is 12.1 Å². The molecular weight excluding hydrogens is 217 g/mol. The highest BCUT2D eigenvalue weighted by molar-refractivity contribution is 5.24. The van der Waals surface area contributed by atoms with Crippen LogP contribution in [0.4, 0.5) is 4.39 Å². The molecule has 0 unspecified atom stereocenters. The second-order valence-electron chi connectivity index (χ2n) is 4.71. The molecule has 0 saturated carbocycles. The molecule has 1 aromatic carbocycles. The molecule has 1 aliphatic rings. The Morgan fingerprint density at radius 2 is 1.94 bits per heavy atom. The van der Waals surface area contributed by atoms with Crippen LogP contribution in [0.2, 0.25) is 0 Å². The van der Waals surface area contributed by atoms with Crippen LogP contribution >= 0.6 is 0 Å². The van der Waals surface area contributed by atoms with Crippen LogP contribution in [0.3, 0.4) is 0 Å². The molecule has 4 heteroatoms. The summed E-state index contributed by atoms with van der Waals surface area (Å²) in [5.41, 5.74) is 7.11. The van der Waals surface area contributed by atoms with Crippen molar-refractivity contribution >= 4 is 0 Å². The fourth-order valence-electron chi connectivity index (χ4n) is 2.09. The fraction of sp³-hybridized carbons (Fsp3) is 0.538. The maximum Gasteiger partial charge on any atom is 0.128 e. The van der Waals surface area contributed by atoms with Crippen LogP contribution in [-0.4, -0.2) is 43.0 Å². The summed E-state index contributed by atoms with van der Waals surface area (Å²) in [4.78, 5) is 4.59. The Bertz CT molecular complexity index is 373. The van der Waals surface area contributed by atoms with Gasteiger partial charge in [0.05, 0.1) is 0 Å². The van der Waals surface area contributed by atoms with Gasteiger partial charge >= 0.3 is 0 Å². The number of piperazine rings is 1. The molecule has 0 aromatic heterocycles. The minimum atomic E-state index is -0.133. The number of benzene rings is 1. The largest absolute Gasteiger partial charge is 0.326 e. The average molecular weight is 237 g/mol. The molecule has 0 amide bonds. The molecule has 94 valence electrons. The second-order valence-corrected chi connectivity index (χ2v) is 4.71. The highest BCUT2D eigenvalue weighted by Gasteiger charge is 2.15. The van der Waals surface area contributed by atoms with Gasteiger partial charge in [-0.2, -0.15) is 0 Å². The quantitative estimate of drug-likeness (QED) is 0.852. The zero-order valence-corrected chi connectivity index (χ0v) is 10.3. The Morgan fingerprint density at radius 1 is 1.24 bits per heavy atom. The number of halogens is 1. The Labute approximate surface area is 102 Å². The van der Waals surface area contributed by atoms with E-state index < -0.39 is 0 Å². The van der Waals surface area contributed by atoms with Crippen molar-refractivity contribution in [1.29, 1.82) is 0 Å². The Hall–Kier alpha value is -0.970. The summed E-state index contributed by atoms with van der Waals surface area (Å²) in [6.45, 7) is 5.23. The molecule has 0 atom stereocenters. The van der Waals surface area contributed by atoms with E-state index in [0.717, 1.165) is 37.3 Å². The van der Waals surface area contributed by atoms with Gasteiger partial charge < -0.3 is 10.6 Å². The fourth-order valence-corrected chi connectivity index (χ4v) is 2.09. The number of hydrogen-bond donors (Lipinski definition) is 1. The lowest BCUT2D eigenvalue weighted by Gasteiger charge is -2.32. The van der Waals surface area contributed by atoms with Gasteiger partial charge in [0.25, 0.3) is 0 Å². The third-order valence-corrected chi connectivity index (χ3v) is 3.34. The molecule has 0 bridgehead atoms. The molecule has 0 spiro atoms. The predicted molar refractivity (Wildman–Crippen MR) is 67.1 cm³/mol. The van der Waals surface area contributed by atoms with Crippen molar-refractivity contribution < 1.29 is 4.39 Å². The van der Waals surface area contributed by atoms with E-state index in [2.05, 4.69) is 16.8 Å². The number of rotatable bonds is 3. The van der Waals surface area contributed by atoms with Crippen molar-refractivity contribution in [3.05, 3.63) is 35.1 Å². The molecule has 2 rings (SSSR count). The first-order valence-corrected chi connectivity index (χ1v) is 6.07. The number of likely N-dealkylation sites (N-methyl/N-ethyl adjacent to an activating group) is 1. The lowest BCUT2D eigenvalue weighted by molar-refractivity contribution is 0.147. The van der Waals surface area contributed by atoms with Crippen molar-refractivity contribution in [3.8, 4) is 0 Å². The molecule has 1 saturated heterocycles. The van der Waals surface area contributed by atoms with Crippen molar-refractivity contribution in [2.45, 2.75) is 13.1 Å². The van der Waals surface area contributed by atoms with E-state index in [1.165, 1.54) is 0 Å². The van der Waals surface area contributed by atoms with Crippen LogP contribution in [0.15, 0.2) is 18.2 Å². The Balaban J connectivity index is 1.99. The highest BCUT2D eigenvalue weighted by Crippen LogP contribution is 2.13. The van der Waals surface area contributed by atoms with Crippen molar-refractivity contribution in [2.24, 2.45) is 5.73 Å². The van der Waals surface area contributed by atoms with Gasteiger partial charge in [0.2, 0.25) is 0 Å². The molecule has 17 heavy (non-hydrogen) atoms. The first-order valence-electron chi connectivity index (χ1n) is 6.07. The number of nitrogens with zero attached hydrogens (tertiary/aromatic N) is 2. The summed E-state index contributed by atoms with van der Waals surface area (Å²) < 4.78 is 13.8. The maximum atomic E-state index is 13.8. The Kier molecular flexibility index (Phi) is 4.10. The SMILES string of the molecule is CN1CCN(Cc2ccc(CN)cc2F)CC1. The van der Waals surface area contributed by atoms with Gasteiger partial charge in [0.1, 0.15) is 5.82 Å². The van der Waals surface area contributed by atoms with E-state index in [1.54, 1.807) is 6.07 Å². The van der Waals surface area contributed by atoms with Crippen molar-refractivity contribution in [2.75, 3.05) is 33.2 Å². The molecule has 1 heterocycles. The van der Waals surface area contributed by atoms with Gasteiger partial charge in [0.15, 0.2) is 0 Å². The first kappa shape index (κ1) is 12.5. The smallest absolute Gasteiger partial charge is 0.128 e. The molecule has 3 nitrogen and oxygen atoms in total. The Morgan fingerprint density at radius 3 is 2.53 bits per heavy atom. The molecular formula is C13H20FN3. The minimum Gasteiger partial charge on any atom is -0.326 e. The normalized spacial score (nSPS) is 18.5. The molecule has 0 radical (unpaired) electrons. The zero-order chi connectivity index (χ0) is 12.3. The lowest BCUT2D eigenvalue weighted by Crippen LogP contribution is -2.44. The highest BCUT2D eigenvalue weighted by atomic mass is 19.1. The summed E-state index contributed by atoms with van der Waals surface area (Å²) >= 11 is 0. The zero-order valence-electron chi connectivity index (χ0n) is 10.3. The number of hydrogen-bond acceptors (Lipinski definition) is 3. The third-order valence-electron chi connectivity index (χ3n) is 3.34. The molecule has 0 aliphatic carbocycles. The monoisotopic (exact) mass is 237 g/mol. The van der Waals surface area contributed by atoms with Crippen LogP contribution in [0.25, 0.3) is 0 Å². The van der Waals surface area contributed by atoms with Crippen LogP contribution in [0.5, 0.6) is 0 Å². The second kappa shape index (κ2) is 5.58. The van der Waals surface area contributed by atoms with Gasteiger partial charge in [-0.15, -0.1) is 0 Å². The van der Waals surface area contributed by atoms with E-state index in [1.807, 2.05) is 12.1 Å². The molecule has 1 fully saturated rings. The van der Waals surface area contributed by atoms with Gasteiger partial charge in [0, 0.05) is 44.8 Å². The molecule has 2 N–H and O–H groups in total. The van der Waals surface area contributed by atoms with Crippen LogP contribution in [-0.2, 0) is 13.1 Å². The average Bonchev–Trinajstić information content (AvgIpc) is 2.34. The van der Waals surface area contributed by atoms with Gasteiger partial charge in [-0.25, -0.2) is 4.39 Å². The lowest BCUT2D eigenvalue weighted by atomic mass is 10.1. The van der Waals surface area contributed by atoms with E-state index in [9.17, 15) is 4.39 Å². The molecule has 1 aromatic rings. The molecule has 1 aliphatic heterocycles. The van der Waals surface area contributed by atoms with Crippen molar-refractivity contribution in [1.82, 2.24) is 9.80 Å². The summed E-state index contributed by atoms with van der Waals surface area (Å²) in [6.07, 6.45) is 0. The van der Waals surface area contributed by atoms with E-state index in [-0.39, 0.29) is 5.82 Å². The number of nitrogens with two attached hydrogens (primary N) is 1. The first-order chi connectivity index (χ1) is 8.19. The van der Waals surface area contributed by atoms with Crippen LogP contribution < -0.4 is 5.73 Å². The van der Waals surface area contributed by atoms with E-state index in [4.69, 9.17) is 5.73 Å². The van der Waals surface area contributed by atoms with Crippen LogP contribution in [0, 0.1) is 5.82 Å². The topological polar surface area (TPSA) is 32.5 Å². The summed E-state index contributed by atoms with van der Waals surface area (Å²) in [5, 5.41) is 0. The minimum absolute atomic E-state index is 0.133. The van der Waals surface area contributed by atoms with Crippen LogP contribution in [0.1, 0.15) is 11.1 Å². The third kappa shape index (κ3) is 3.25. The van der Waals surface area contributed by atoms with E-state index >= 15 is 0 Å². The summed E-state index contributed by atoms with van der Waals surface area (Å²) in [5.74, 6) is -0.133. The van der Waals surface area contributed by atoms with Crippen molar-refractivity contribution in [3.63, 3.8) is 0 Å².